The van der Waals surface area contributed by atoms with Crippen molar-refractivity contribution in [3.05, 3.63) is 67.6 Å². The van der Waals surface area contributed by atoms with Crippen LogP contribution in [0.15, 0.2) is 45.3 Å². The van der Waals surface area contributed by atoms with E-state index in [2.05, 4.69) is 87.4 Å². The predicted molar refractivity (Wildman–Crippen MR) is 88.7 cm³/mol. The quantitative estimate of drug-likeness (QED) is 0.775. The molecular formula is C16H17Br2N. The Morgan fingerprint density at radius 2 is 1.63 bits per heavy atom. The summed E-state index contributed by atoms with van der Waals surface area (Å²) < 4.78 is 2.19. The van der Waals surface area contributed by atoms with Gasteiger partial charge in [-0.2, -0.15) is 0 Å². The highest BCUT2D eigenvalue weighted by Gasteiger charge is 2.16. The van der Waals surface area contributed by atoms with Crippen molar-refractivity contribution in [3.63, 3.8) is 0 Å². The van der Waals surface area contributed by atoms with Crippen LogP contribution >= 0.6 is 31.9 Å². The smallest absolute Gasteiger partial charge is 0.0588 e. The maximum absolute atomic E-state index is 3.65. The van der Waals surface area contributed by atoms with Crippen LogP contribution < -0.4 is 5.32 Å². The molecule has 0 fully saturated rings. The molecule has 1 nitrogen and oxygen atoms in total. The summed E-state index contributed by atoms with van der Waals surface area (Å²) in [6.45, 7) is 4.29. The number of hydrogen-bond donors (Lipinski definition) is 1. The summed E-state index contributed by atoms with van der Waals surface area (Å²) in [6.07, 6.45) is 0. The summed E-state index contributed by atoms with van der Waals surface area (Å²) >= 11 is 7.15. The summed E-state index contributed by atoms with van der Waals surface area (Å²) in [5.41, 5.74) is 5.17. The Bertz CT molecular complexity index is 542. The molecule has 2 aromatic rings. The molecule has 0 saturated carbocycles. The first-order valence-corrected chi connectivity index (χ1v) is 7.81. The number of halogens is 2. The van der Waals surface area contributed by atoms with Crippen LogP contribution in [-0.4, -0.2) is 7.05 Å². The van der Waals surface area contributed by atoms with Crippen LogP contribution in [0.5, 0.6) is 0 Å². The Balaban J connectivity index is 2.50. The molecule has 0 aliphatic carbocycles. The van der Waals surface area contributed by atoms with Gasteiger partial charge in [0.15, 0.2) is 0 Å². The minimum absolute atomic E-state index is 0.197. The number of benzene rings is 2. The minimum Gasteiger partial charge on any atom is -0.309 e. The van der Waals surface area contributed by atoms with Gasteiger partial charge in [0.25, 0.3) is 0 Å². The predicted octanol–water partition coefficient (Wildman–Crippen LogP) is 5.14. The Morgan fingerprint density at radius 1 is 0.947 bits per heavy atom. The van der Waals surface area contributed by atoms with Gasteiger partial charge in [-0.1, -0.05) is 61.7 Å². The maximum Gasteiger partial charge on any atom is 0.0588 e. The molecule has 0 saturated heterocycles. The van der Waals surface area contributed by atoms with Crippen LogP contribution in [0.3, 0.4) is 0 Å². The van der Waals surface area contributed by atoms with Crippen molar-refractivity contribution in [2.45, 2.75) is 19.9 Å². The van der Waals surface area contributed by atoms with E-state index in [-0.39, 0.29) is 6.04 Å². The van der Waals surface area contributed by atoms with Crippen LogP contribution in [0, 0.1) is 13.8 Å². The molecule has 0 radical (unpaired) electrons. The molecule has 0 amide bonds. The van der Waals surface area contributed by atoms with Crippen molar-refractivity contribution < 1.29 is 0 Å². The molecule has 0 bridgehead atoms. The topological polar surface area (TPSA) is 12.0 Å². The molecule has 0 aliphatic rings. The average Bonchev–Trinajstić information content (AvgIpc) is 2.34. The lowest BCUT2D eigenvalue weighted by atomic mass is 9.94. The third-order valence-electron chi connectivity index (χ3n) is 3.30. The summed E-state index contributed by atoms with van der Waals surface area (Å²) in [4.78, 5) is 0. The van der Waals surface area contributed by atoms with E-state index in [1.807, 2.05) is 7.05 Å². The molecule has 2 rings (SSSR count). The first-order chi connectivity index (χ1) is 9.02. The van der Waals surface area contributed by atoms with E-state index in [9.17, 15) is 0 Å². The van der Waals surface area contributed by atoms with Gasteiger partial charge in [-0.25, -0.2) is 0 Å². The molecule has 0 aromatic heterocycles. The Kier molecular flexibility index (Phi) is 4.82. The third kappa shape index (κ3) is 3.28. The Morgan fingerprint density at radius 3 is 2.21 bits per heavy atom. The van der Waals surface area contributed by atoms with Crippen molar-refractivity contribution in [1.29, 1.82) is 0 Å². The molecular weight excluding hydrogens is 366 g/mol. The van der Waals surface area contributed by atoms with Crippen LogP contribution in [-0.2, 0) is 0 Å². The van der Waals surface area contributed by atoms with Crippen molar-refractivity contribution in [1.82, 2.24) is 5.32 Å². The number of aryl methyl sites for hydroxylation is 2. The van der Waals surface area contributed by atoms with E-state index in [1.54, 1.807) is 0 Å². The molecule has 1 atom stereocenters. The highest BCUT2D eigenvalue weighted by molar-refractivity contribution is 9.11. The second-order valence-corrected chi connectivity index (χ2v) is 6.52. The van der Waals surface area contributed by atoms with Gasteiger partial charge >= 0.3 is 0 Å². The molecule has 19 heavy (non-hydrogen) atoms. The Hall–Kier alpha value is -0.640. The highest BCUT2D eigenvalue weighted by Crippen LogP contribution is 2.32. The van der Waals surface area contributed by atoms with Crippen molar-refractivity contribution >= 4 is 31.9 Å². The summed E-state index contributed by atoms with van der Waals surface area (Å²) in [6, 6.07) is 13.1. The zero-order chi connectivity index (χ0) is 14.0. The second kappa shape index (κ2) is 6.21. The molecule has 3 heteroatoms. The fourth-order valence-electron chi connectivity index (χ4n) is 2.36. The second-order valence-electron chi connectivity index (χ2n) is 4.75. The fraction of sp³-hybridized carbons (Fsp3) is 0.250. The SMILES string of the molecule is CNC(c1ccc(C)cc1C)c1ccc(Br)cc1Br. The molecule has 1 unspecified atom stereocenters. The standard InChI is InChI=1S/C16H17Br2N/c1-10-4-6-13(11(2)8-10)16(19-3)14-7-5-12(17)9-15(14)18/h4-9,16,19H,1-3H3. The fourth-order valence-corrected chi connectivity index (χ4v) is 3.64. The summed E-state index contributed by atoms with van der Waals surface area (Å²) in [5.74, 6) is 0. The zero-order valence-corrected chi connectivity index (χ0v) is 14.5. The van der Waals surface area contributed by atoms with Gasteiger partial charge in [0.1, 0.15) is 0 Å². The monoisotopic (exact) mass is 381 g/mol. The van der Waals surface area contributed by atoms with E-state index in [0.717, 1.165) is 8.95 Å². The first kappa shape index (κ1) is 14.8. The van der Waals surface area contributed by atoms with E-state index in [1.165, 1.54) is 22.3 Å². The van der Waals surface area contributed by atoms with E-state index >= 15 is 0 Å². The average molecular weight is 383 g/mol. The third-order valence-corrected chi connectivity index (χ3v) is 4.48. The van der Waals surface area contributed by atoms with Crippen LogP contribution in [0.1, 0.15) is 28.3 Å². The minimum atomic E-state index is 0.197. The molecule has 100 valence electrons. The number of hydrogen-bond acceptors (Lipinski definition) is 1. The number of rotatable bonds is 3. The van der Waals surface area contributed by atoms with Gasteiger partial charge in [-0.15, -0.1) is 0 Å². The van der Waals surface area contributed by atoms with E-state index in [0.29, 0.717) is 0 Å². The lowest BCUT2D eigenvalue weighted by Crippen LogP contribution is -2.19. The van der Waals surface area contributed by atoms with Crippen molar-refractivity contribution in [3.8, 4) is 0 Å². The van der Waals surface area contributed by atoms with Gasteiger partial charge in [0.05, 0.1) is 6.04 Å². The molecule has 1 N–H and O–H groups in total. The van der Waals surface area contributed by atoms with Gasteiger partial charge in [0.2, 0.25) is 0 Å². The normalized spacial score (nSPS) is 12.5. The molecule has 0 heterocycles. The Labute approximate surface area is 131 Å². The highest BCUT2D eigenvalue weighted by atomic mass is 79.9. The zero-order valence-electron chi connectivity index (χ0n) is 11.3. The van der Waals surface area contributed by atoms with Gasteiger partial charge in [-0.05, 0) is 49.7 Å². The van der Waals surface area contributed by atoms with Gasteiger partial charge < -0.3 is 5.32 Å². The van der Waals surface area contributed by atoms with Crippen molar-refractivity contribution in [2.75, 3.05) is 7.05 Å². The van der Waals surface area contributed by atoms with E-state index < -0.39 is 0 Å². The first-order valence-electron chi connectivity index (χ1n) is 6.22. The van der Waals surface area contributed by atoms with E-state index in [4.69, 9.17) is 0 Å². The maximum atomic E-state index is 3.65. The number of nitrogens with one attached hydrogen (secondary N) is 1. The lowest BCUT2D eigenvalue weighted by molar-refractivity contribution is 0.684. The largest absolute Gasteiger partial charge is 0.309 e. The summed E-state index contributed by atoms with van der Waals surface area (Å²) in [5, 5.41) is 3.41. The molecule has 0 aliphatic heterocycles. The van der Waals surface area contributed by atoms with Crippen molar-refractivity contribution in [2.24, 2.45) is 0 Å². The lowest BCUT2D eigenvalue weighted by Gasteiger charge is -2.21. The molecule has 0 spiro atoms. The van der Waals surface area contributed by atoms with Gasteiger partial charge in [-0.3, -0.25) is 0 Å². The summed E-state index contributed by atoms with van der Waals surface area (Å²) in [7, 11) is 2.00. The van der Waals surface area contributed by atoms with Crippen LogP contribution in [0.25, 0.3) is 0 Å². The van der Waals surface area contributed by atoms with Gasteiger partial charge in [0, 0.05) is 8.95 Å². The van der Waals surface area contributed by atoms with Crippen LogP contribution in [0.2, 0.25) is 0 Å². The molecule has 2 aromatic carbocycles. The van der Waals surface area contributed by atoms with Crippen LogP contribution in [0.4, 0.5) is 0 Å².